The standard InChI is InChI=1S/C14H17F3N2O3/c1-19(13(20)7-10-9-21-6-5-18-10)11-3-2-4-12(8-11)22-14(15,16)17/h2-4,8,10,18H,5-7,9H2,1H3. The summed E-state index contributed by atoms with van der Waals surface area (Å²) in [4.78, 5) is 13.5. The molecule has 8 heteroatoms. The van der Waals surface area contributed by atoms with E-state index in [1.165, 1.54) is 30.1 Å². The lowest BCUT2D eigenvalue weighted by Crippen LogP contribution is -2.44. The number of carbonyl (C=O) groups is 1. The summed E-state index contributed by atoms with van der Waals surface area (Å²) in [5, 5.41) is 3.15. The fourth-order valence-electron chi connectivity index (χ4n) is 2.13. The number of halogens is 3. The predicted molar refractivity (Wildman–Crippen MR) is 73.8 cm³/mol. The van der Waals surface area contributed by atoms with Crippen LogP contribution in [0.15, 0.2) is 24.3 Å². The molecule has 1 amide bonds. The number of benzene rings is 1. The third-order valence-corrected chi connectivity index (χ3v) is 3.23. The summed E-state index contributed by atoms with van der Waals surface area (Å²) in [7, 11) is 1.51. The molecule has 1 aliphatic rings. The van der Waals surface area contributed by atoms with Crippen LogP contribution in [0.4, 0.5) is 18.9 Å². The highest BCUT2D eigenvalue weighted by atomic mass is 19.4. The van der Waals surface area contributed by atoms with E-state index in [1.54, 1.807) is 6.07 Å². The van der Waals surface area contributed by atoms with E-state index in [1.807, 2.05) is 0 Å². The summed E-state index contributed by atoms with van der Waals surface area (Å²) < 4.78 is 45.8. The van der Waals surface area contributed by atoms with E-state index < -0.39 is 6.36 Å². The van der Waals surface area contributed by atoms with Crippen molar-refractivity contribution >= 4 is 11.6 Å². The Morgan fingerprint density at radius 3 is 2.91 bits per heavy atom. The number of alkyl halides is 3. The van der Waals surface area contributed by atoms with Crippen LogP contribution >= 0.6 is 0 Å². The molecule has 1 fully saturated rings. The van der Waals surface area contributed by atoms with Crippen molar-refractivity contribution in [3.05, 3.63) is 24.3 Å². The highest BCUT2D eigenvalue weighted by Gasteiger charge is 2.31. The normalized spacial score (nSPS) is 18.8. The first kappa shape index (κ1) is 16.6. The Labute approximate surface area is 126 Å². The zero-order chi connectivity index (χ0) is 16.2. The van der Waals surface area contributed by atoms with E-state index in [2.05, 4.69) is 10.1 Å². The first-order valence-corrected chi connectivity index (χ1v) is 6.78. The molecule has 0 aromatic heterocycles. The SMILES string of the molecule is CN(C(=O)CC1COCCN1)c1cccc(OC(F)(F)F)c1. The third kappa shape index (κ3) is 4.88. The van der Waals surface area contributed by atoms with Gasteiger partial charge in [-0.2, -0.15) is 0 Å². The summed E-state index contributed by atoms with van der Waals surface area (Å²) in [5.41, 5.74) is 0.337. The lowest BCUT2D eigenvalue weighted by molar-refractivity contribution is -0.274. The van der Waals surface area contributed by atoms with Gasteiger partial charge < -0.3 is 19.7 Å². The van der Waals surface area contributed by atoms with Gasteiger partial charge in [-0.3, -0.25) is 4.79 Å². The summed E-state index contributed by atoms with van der Waals surface area (Å²) in [6.07, 6.45) is -4.55. The minimum Gasteiger partial charge on any atom is -0.406 e. The van der Waals surface area contributed by atoms with Crippen molar-refractivity contribution in [2.24, 2.45) is 0 Å². The van der Waals surface area contributed by atoms with Gasteiger partial charge in [-0.1, -0.05) is 6.07 Å². The van der Waals surface area contributed by atoms with Crippen LogP contribution < -0.4 is 15.0 Å². The Kier molecular flexibility index (Phi) is 5.25. The zero-order valence-corrected chi connectivity index (χ0v) is 12.0. The van der Waals surface area contributed by atoms with E-state index in [-0.39, 0.29) is 24.1 Å². The average molecular weight is 318 g/mol. The van der Waals surface area contributed by atoms with E-state index in [4.69, 9.17) is 4.74 Å². The fourth-order valence-corrected chi connectivity index (χ4v) is 2.13. The van der Waals surface area contributed by atoms with Crippen molar-refractivity contribution < 1.29 is 27.4 Å². The minimum atomic E-state index is -4.76. The van der Waals surface area contributed by atoms with Crippen LogP contribution in [-0.2, 0) is 9.53 Å². The highest BCUT2D eigenvalue weighted by molar-refractivity contribution is 5.93. The molecule has 5 nitrogen and oxygen atoms in total. The second-order valence-corrected chi connectivity index (χ2v) is 4.93. The number of rotatable bonds is 4. The second kappa shape index (κ2) is 6.97. The first-order chi connectivity index (χ1) is 10.3. The molecular formula is C14H17F3N2O3. The molecular weight excluding hydrogens is 301 g/mol. The van der Waals surface area contributed by atoms with Crippen LogP contribution in [0.2, 0.25) is 0 Å². The second-order valence-electron chi connectivity index (χ2n) is 4.93. The van der Waals surface area contributed by atoms with E-state index in [9.17, 15) is 18.0 Å². The molecule has 0 spiro atoms. The topological polar surface area (TPSA) is 50.8 Å². The Hall–Kier alpha value is -1.80. The van der Waals surface area contributed by atoms with Crippen LogP contribution in [0.5, 0.6) is 5.75 Å². The molecule has 1 aromatic carbocycles. The van der Waals surface area contributed by atoms with Gasteiger partial charge in [0.25, 0.3) is 0 Å². The molecule has 1 heterocycles. The zero-order valence-electron chi connectivity index (χ0n) is 12.0. The first-order valence-electron chi connectivity index (χ1n) is 6.78. The number of nitrogens with zero attached hydrogens (tertiary/aromatic N) is 1. The molecule has 1 saturated heterocycles. The average Bonchev–Trinajstić information content (AvgIpc) is 2.46. The van der Waals surface area contributed by atoms with Crippen LogP contribution in [0.3, 0.4) is 0 Å². The van der Waals surface area contributed by atoms with E-state index >= 15 is 0 Å². The van der Waals surface area contributed by atoms with Crippen molar-refractivity contribution in [3.63, 3.8) is 0 Å². The Morgan fingerprint density at radius 1 is 1.50 bits per heavy atom. The largest absolute Gasteiger partial charge is 0.573 e. The number of ether oxygens (including phenoxy) is 2. The summed E-state index contributed by atoms with van der Waals surface area (Å²) >= 11 is 0. The molecule has 1 aromatic rings. The molecule has 1 unspecified atom stereocenters. The maximum atomic E-state index is 12.2. The number of morpholine rings is 1. The van der Waals surface area contributed by atoms with Gasteiger partial charge >= 0.3 is 6.36 Å². The summed E-state index contributed by atoms with van der Waals surface area (Å²) in [6.45, 7) is 1.73. The Bertz CT molecular complexity index is 516. The number of amides is 1. The predicted octanol–water partition coefficient (Wildman–Crippen LogP) is 1.93. The molecule has 0 saturated carbocycles. The smallest absolute Gasteiger partial charge is 0.406 e. The van der Waals surface area contributed by atoms with Gasteiger partial charge in [0, 0.05) is 37.8 Å². The summed E-state index contributed by atoms with van der Waals surface area (Å²) in [5.74, 6) is -0.573. The quantitative estimate of drug-likeness (QED) is 0.922. The van der Waals surface area contributed by atoms with E-state index in [0.717, 1.165) is 0 Å². The molecule has 0 aliphatic carbocycles. The van der Waals surface area contributed by atoms with Crippen LogP contribution in [0, 0.1) is 0 Å². The number of nitrogens with one attached hydrogen (secondary N) is 1. The van der Waals surface area contributed by atoms with E-state index in [0.29, 0.717) is 25.4 Å². The van der Waals surface area contributed by atoms with Crippen molar-refractivity contribution in [1.29, 1.82) is 0 Å². The number of anilines is 1. The molecule has 0 bridgehead atoms. The Morgan fingerprint density at radius 2 is 2.27 bits per heavy atom. The maximum absolute atomic E-state index is 12.2. The van der Waals surface area contributed by atoms with Crippen LogP contribution in [0.1, 0.15) is 6.42 Å². The lowest BCUT2D eigenvalue weighted by atomic mass is 10.1. The number of hydrogen-bond acceptors (Lipinski definition) is 4. The molecule has 22 heavy (non-hydrogen) atoms. The monoisotopic (exact) mass is 318 g/mol. The Balaban J connectivity index is 2.00. The van der Waals surface area contributed by atoms with Crippen LogP contribution in [-0.4, -0.2) is 45.1 Å². The summed E-state index contributed by atoms with van der Waals surface area (Å²) in [6, 6.07) is 5.23. The van der Waals surface area contributed by atoms with Crippen LogP contribution in [0.25, 0.3) is 0 Å². The molecule has 1 N–H and O–H groups in total. The van der Waals surface area contributed by atoms with Gasteiger partial charge in [0.15, 0.2) is 0 Å². The van der Waals surface area contributed by atoms with Crippen molar-refractivity contribution in [2.75, 3.05) is 31.7 Å². The van der Waals surface area contributed by atoms with Crippen molar-refractivity contribution in [1.82, 2.24) is 5.32 Å². The van der Waals surface area contributed by atoms with Gasteiger partial charge in [0.2, 0.25) is 5.91 Å². The molecule has 2 rings (SSSR count). The molecule has 122 valence electrons. The molecule has 1 aliphatic heterocycles. The van der Waals surface area contributed by atoms with Gasteiger partial charge in [-0.15, -0.1) is 13.2 Å². The van der Waals surface area contributed by atoms with Crippen molar-refractivity contribution in [2.45, 2.75) is 18.8 Å². The lowest BCUT2D eigenvalue weighted by Gasteiger charge is -2.26. The third-order valence-electron chi connectivity index (χ3n) is 3.23. The van der Waals surface area contributed by atoms with Gasteiger partial charge in [0.1, 0.15) is 5.75 Å². The number of carbonyl (C=O) groups excluding carboxylic acids is 1. The fraction of sp³-hybridized carbons (Fsp3) is 0.500. The molecule has 0 radical (unpaired) electrons. The van der Waals surface area contributed by atoms with Gasteiger partial charge in [-0.25, -0.2) is 0 Å². The van der Waals surface area contributed by atoms with Crippen molar-refractivity contribution in [3.8, 4) is 5.75 Å². The number of hydrogen-bond donors (Lipinski definition) is 1. The van der Waals surface area contributed by atoms with Gasteiger partial charge in [-0.05, 0) is 12.1 Å². The highest BCUT2D eigenvalue weighted by Crippen LogP contribution is 2.26. The minimum absolute atomic E-state index is 0.0849. The van der Waals surface area contributed by atoms with Gasteiger partial charge in [0.05, 0.1) is 13.2 Å². The maximum Gasteiger partial charge on any atom is 0.573 e. The molecule has 1 atom stereocenters.